The normalized spacial score (nSPS) is 17.4. The fourth-order valence-corrected chi connectivity index (χ4v) is 0.372. The highest BCUT2D eigenvalue weighted by Gasteiger charge is 2.13. The molecule has 0 aromatic rings. The predicted octanol–water partition coefficient (Wildman–Crippen LogP) is 1.55. The first kappa shape index (κ1) is 7.70. The molecule has 0 saturated carbocycles. The van der Waals surface area contributed by atoms with E-state index in [1.54, 1.807) is 0 Å². The summed E-state index contributed by atoms with van der Waals surface area (Å²) in [5.74, 6) is 0. The molecule has 1 atom stereocenters. The summed E-state index contributed by atoms with van der Waals surface area (Å²) in [7, 11) is 0. The third kappa shape index (κ3) is 1.66. The maximum atomic E-state index is 5.46. The van der Waals surface area contributed by atoms with Gasteiger partial charge in [-0.15, -0.1) is 6.58 Å². The Morgan fingerprint density at radius 1 is 1.75 bits per heavy atom. The summed E-state index contributed by atoms with van der Waals surface area (Å²) in [4.78, 5) is 0. The standard InChI is InChI=1S/C7H15N/c1-4-7(3,5-2)6-8/h4H,1,5-6,8H2,2-3H3. The molecule has 1 unspecified atom stereocenters. The van der Waals surface area contributed by atoms with Crippen LogP contribution in [0.3, 0.4) is 0 Å². The molecule has 8 heavy (non-hydrogen) atoms. The highest BCUT2D eigenvalue weighted by molar-refractivity contribution is 4.90. The molecule has 0 radical (unpaired) electrons. The van der Waals surface area contributed by atoms with Crippen LogP contribution in [0.4, 0.5) is 0 Å². The lowest BCUT2D eigenvalue weighted by Crippen LogP contribution is -2.23. The van der Waals surface area contributed by atoms with Crippen LogP contribution in [-0.2, 0) is 0 Å². The molecule has 0 bridgehead atoms. The van der Waals surface area contributed by atoms with Gasteiger partial charge < -0.3 is 5.73 Å². The van der Waals surface area contributed by atoms with Gasteiger partial charge >= 0.3 is 0 Å². The number of hydrogen-bond donors (Lipinski definition) is 1. The minimum Gasteiger partial charge on any atom is -0.330 e. The van der Waals surface area contributed by atoms with Gasteiger partial charge in [-0.25, -0.2) is 0 Å². The molecule has 0 aromatic heterocycles. The molecule has 48 valence electrons. The molecule has 1 nitrogen and oxygen atoms in total. The first-order valence-electron chi connectivity index (χ1n) is 3.02. The minimum absolute atomic E-state index is 0.167. The van der Waals surface area contributed by atoms with E-state index in [1.807, 2.05) is 6.08 Å². The second-order valence-electron chi connectivity index (χ2n) is 2.42. The third-order valence-corrected chi connectivity index (χ3v) is 1.77. The van der Waals surface area contributed by atoms with Gasteiger partial charge in [0.1, 0.15) is 0 Å². The molecule has 0 aliphatic carbocycles. The van der Waals surface area contributed by atoms with Gasteiger partial charge in [0.2, 0.25) is 0 Å². The Labute approximate surface area is 51.6 Å². The Kier molecular flexibility index (Phi) is 2.77. The molecule has 0 rings (SSSR count). The summed E-state index contributed by atoms with van der Waals surface area (Å²) >= 11 is 0. The quantitative estimate of drug-likeness (QED) is 0.552. The van der Waals surface area contributed by atoms with Gasteiger partial charge in [-0.2, -0.15) is 0 Å². The molecule has 0 aliphatic rings. The average Bonchev–Trinajstić information content (AvgIpc) is 1.87. The fourth-order valence-electron chi connectivity index (χ4n) is 0.372. The minimum atomic E-state index is 0.167. The second-order valence-corrected chi connectivity index (χ2v) is 2.42. The zero-order chi connectivity index (χ0) is 6.62. The van der Waals surface area contributed by atoms with Gasteiger partial charge in [0.25, 0.3) is 0 Å². The summed E-state index contributed by atoms with van der Waals surface area (Å²) in [6.07, 6.45) is 3.00. The van der Waals surface area contributed by atoms with Gasteiger partial charge in [0.05, 0.1) is 0 Å². The van der Waals surface area contributed by atoms with E-state index in [0.717, 1.165) is 6.42 Å². The molecular weight excluding hydrogens is 98.1 g/mol. The van der Waals surface area contributed by atoms with Crippen LogP contribution >= 0.6 is 0 Å². The number of hydrogen-bond acceptors (Lipinski definition) is 1. The van der Waals surface area contributed by atoms with E-state index in [2.05, 4.69) is 20.4 Å². The lowest BCUT2D eigenvalue weighted by atomic mass is 9.88. The van der Waals surface area contributed by atoms with E-state index >= 15 is 0 Å². The Bertz CT molecular complexity index is 72.5. The molecular formula is C7H15N. The van der Waals surface area contributed by atoms with Crippen LogP contribution in [0.2, 0.25) is 0 Å². The molecule has 2 N–H and O–H groups in total. The molecule has 0 fully saturated rings. The average molecular weight is 113 g/mol. The summed E-state index contributed by atoms with van der Waals surface area (Å²) in [5.41, 5.74) is 5.62. The van der Waals surface area contributed by atoms with Gasteiger partial charge in [-0.05, 0) is 11.8 Å². The van der Waals surface area contributed by atoms with Crippen molar-refractivity contribution in [3.63, 3.8) is 0 Å². The molecule has 0 amide bonds. The van der Waals surface area contributed by atoms with E-state index in [1.165, 1.54) is 0 Å². The van der Waals surface area contributed by atoms with Gasteiger partial charge in [0.15, 0.2) is 0 Å². The summed E-state index contributed by atoms with van der Waals surface area (Å²) in [5, 5.41) is 0. The van der Waals surface area contributed by atoms with Crippen molar-refractivity contribution in [2.45, 2.75) is 20.3 Å². The fraction of sp³-hybridized carbons (Fsp3) is 0.714. The van der Waals surface area contributed by atoms with Crippen LogP contribution in [0.15, 0.2) is 12.7 Å². The molecule has 1 heteroatoms. The largest absolute Gasteiger partial charge is 0.330 e. The van der Waals surface area contributed by atoms with E-state index in [9.17, 15) is 0 Å². The number of rotatable bonds is 3. The van der Waals surface area contributed by atoms with Crippen LogP contribution in [0.1, 0.15) is 20.3 Å². The summed E-state index contributed by atoms with van der Waals surface area (Å²) in [6, 6.07) is 0. The topological polar surface area (TPSA) is 26.0 Å². The molecule has 0 aliphatic heterocycles. The Balaban J connectivity index is 3.76. The van der Waals surface area contributed by atoms with Crippen molar-refractivity contribution in [2.75, 3.05) is 6.54 Å². The summed E-state index contributed by atoms with van der Waals surface area (Å²) < 4.78 is 0. The molecule has 0 saturated heterocycles. The summed E-state index contributed by atoms with van der Waals surface area (Å²) in [6.45, 7) is 8.63. The van der Waals surface area contributed by atoms with Crippen molar-refractivity contribution >= 4 is 0 Å². The monoisotopic (exact) mass is 113 g/mol. The first-order valence-corrected chi connectivity index (χ1v) is 3.02. The van der Waals surface area contributed by atoms with Gasteiger partial charge in [0, 0.05) is 6.54 Å². The lowest BCUT2D eigenvalue weighted by molar-refractivity contribution is 0.425. The van der Waals surface area contributed by atoms with Crippen LogP contribution in [0, 0.1) is 5.41 Å². The highest BCUT2D eigenvalue weighted by Crippen LogP contribution is 2.18. The van der Waals surface area contributed by atoms with Crippen LogP contribution in [0.5, 0.6) is 0 Å². The Morgan fingerprint density at radius 3 is 2.25 bits per heavy atom. The molecule has 0 heterocycles. The second kappa shape index (κ2) is 2.88. The van der Waals surface area contributed by atoms with Crippen molar-refractivity contribution in [1.29, 1.82) is 0 Å². The van der Waals surface area contributed by atoms with Crippen LogP contribution < -0.4 is 5.73 Å². The van der Waals surface area contributed by atoms with E-state index in [4.69, 9.17) is 5.73 Å². The van der Waals surface area contributed by atoms with Gasteiger partial charge in [-0.3, -0.25) is 0 Å². The van der Waals surface area contributed by atoms with E-state index < -0.39 is 0 Å². The zero-order valence-corrected chi connectivity index (χ0v) is 5.78. The SMILES string of the molecule is C=CC(C)(CC)CN. The highest BCUT2D eigenvalue weighted by atomic mass is 14.6. The predicted molar refractivity (Wildman–Crippen MR) is 37.6 cm³/mol. The first-order chi connectivity index (χ1) is 3.68. The van der Waals surface area contributed by atoms with Crippen molar-refractivity contribution in [3.8, 4) is 0 Å². The lowest BCUT2D eigenvalue weighted by Gasteiger charge is -2.20. The molecule has 0 aromatic carbocycles. The van der Waals surface area contributed by atoms with Gasteiger partial charge in [-0.1, -0.05) is 19.9 Å². The van der Waals surface area contributed by atoms with Crippen molar-refractivity contribution in [2.24, 2.45) is 11.1 Å². The van der Waals surface area contributed by atoms with E-state index in [0.29, 0.717) is 6.54 Å². The van der Waals surface area contributed by atoms with E-state index in [-0.39, 0.29) is 5.41 Å². The smallest absolute Gasteiger partial charge is 0.00113 e. The maximum Gasteiger partial charge on any atom is 0.00113 e. The number of nitrogens with two attached hydrogens (primary N) is 1. The van der Waals surface area contributed by atoms with Crippen molar-refractivity contribution in [3.05, 3.63) is 12.7 Å². The van der Waals surface area contributed by atoms with Crippen molar-refractivity contribution in [1.82, 2.24) is 0 Å². The Morgan fingerprint density at radius 2 is 2.25 bits per heavy atom. The zero-order valence-electron chi connectivity index (χ0n) is 5.78. The van der Waals surface area contributed by atoms with Crippen LogP contribution in [-0.4, -0.2) is 6.54 Å². The Hall–Kier alpha value is -0.300. The van der Waals surface area contributed by atoms with Crippen molar-refractivity contribution < 1.29 is 0 Å². The third-order valence-electron chi connectivity index (χ3n) is 1.77. The molecule has 0 spiro atoms. The van der Waals surface area contributed by atoms with Crippen LogP contribution in [0.25, 0.3) is 0 Å². The maximum absolute atomic E-state index is 5.46.